The molecule has 2 N–H and O–H groups in total. The molecule has 0 spiro atoms. The number of rotatable bonds is 6. The molecule has 0 aromatic heterocycles. The number of anilines is 2. The van der Waals surface area contributed by atoms with Crippen molar-refractivity contribution in [2.75, 3.05) is 23.8 Å². The largest absolute Gasteiger partial charge is 0.492 e. The Morgan fingerprint density at radius 1 is 1.50 bits per heavy atom. The lowest BCUT2D eigenvalue weighted by Crippen LogP contribution is -2.08. The minimum atomic E-state index is -0.123. The molecule has 0 aliphatic rings. The number of nitrogens with one attached hydrogen (secondary N) is 2. The number of nitrogens with zero attached hydrogens (tertiary/aromatic N) is 1. The molecule has 5 nitrogen and oxygen atoms in total. The van der Waals surface area contributed by atoms with Gasteiger partial charge >= 0.3 is 0 Å². The van der Waals surface area contributed by atoms with Crippen LogP contribution in [0.5, 0.6) is 5.75 Å². The summed E-state index contributed by atoms with van der Waals surface area (Å²) in [5.41, 5.74) is 1.48. The van der Waals surface area contributed by atoms with E-state index in [2.05, 4.69) is 16.7 Å². The van der Waals surface area contributed by atoms with Crippen molar-refractivity contribution in [3.05, 3.63) is 18.2 Å². The van der Waals surface area contributed by atoms with Crippen molar-refractivity contribution in [3.8, 4) is 11.8 Å². The fourth-order valence-electron chi connectivity index (χ4n) is 1.48. The smallest absolute Gasteiger partial charge is 0.221 e. The lowest BCUT2D eigenvalue weighted by atomic mass is 10.2. The van der Waals surface area contributed by atoms with Crippen molar-refractivity contribution in [3.63, 3.8) is 0 Å². The number of ether oxygens (including phenoxy) is 1. The molecule has 0 aliphatic heterocycles. The van der Waals surface area contributed by atoms with Crippen LogP contribution >= 0.6 is 0 Å². The number of benzene rings is 1. The fourth-order valence-corrected chi connectivity index (χ4v) is 1.48. The number of hydrogen-bond acceptors (Lipinski definition) is 4. The van der Waals surface area contributed by atoms with Crippen LogP contribution in [-0.2, 0) is 4.79 Å². The van der Waals surface area contributed by atoms with Gasteiger partial charge in [-0.3, -0.25) is 4.79 Å². The lowest BCUT2D eigenvalue weighted by Gasteiger charge is -2.13. The van der Waals surface area contributed by atoms with Crippen LogP contribution in [0.1, 0.15) is 20.3 Å². The molecule has 0 radical (unpaired) electrons. The molecular formula is C13H17N3O2. The first kappa shape index (κ1) is 13.8. The van der Waals surface area contributed by atoms with E-state index in [-0.39, 0.29) is 5.91 Å². The van der Waals surface area contributed by atoms with E-state index >= 15 is 0 Å². The van der Waals surface area contributed by atoms with Crippen LogP contribution < -0.4 is 15.4 Å². The number of nitriles is 1. The number of hydrogen-bond donors (Lipinski definition) is 2. The van der Waals surface area contributed by atoms with Crippen LogP contribution in [0.15, 0.2) is 18.2 Å². The normalized spacial score (nSPS) is 9.39. The number of amides is 1. The van der Waals surface area contributed by atoms with Crippen LogP contribution in [0, 0.1) is 11.3 Å². The number of carbonyl (C=O) groups excluding carboxylic acids is 1. The van der Waals surface area contributed by atoms with Gasteiger partial charge in [0.25, 0.3) is 0 Å². The highest BCUT2D eigenvalue weighted by Crippen LogP contribution is 2.28. The molecule has 1 aromatic carbocycles. The minimum absolute atomic E-state index is 0.123. The van der Waals surface area contributed by atoms with Crippen LogP contribution in [0.25, 0.3) is 0 Å². The summed E-state index contributed by atoms with van der Waals surface area (Å²) < 4.78 is 5.47. The lowest BCUT2D eigenvalue weighted by molar-refractivity contribution is -0.114. The predicted octanol–water partition coefficient (Wildman–Crippen LogP) is 2.37. The molecule has 0 bridgehead atoms. The first-order valence-corrected chi connectivity index (χ1v) is 5.82. The summed E-state index contributed by atoms with van der Waals surface area (Å²) in [6, 6.07) is 7.43. The van der Waals surface area contributed by atoms with Crippen LogP contribution in [0.2, 0.25) is 0 Å². The Balaban J connectivity index is 2.85. The van der Waals surface area contributed by atoms with E-state index in [1.807, 2.05) is 6.92 Å². The first-order valence-electron chi connectivity index (χ1n) is 5.82. The first-order chi connectivity index (χ1) is 8.67. The second-order valence-corrected chi connectivity index (χ2v) is 3.66. The maximum absolute atomic E-state index is 11.0. The molecule has 1 amide bonds. The predicted molar refractivity (Wildman–Crippen MR) is 70.6 cm³/mol. The summed E-state index contributed by atoms with van der Waals surface area (Å²) in [7, 11) is 0. The van der Waals surface area contributed by atoms with Crippen molar-refractivity contribution in [2.45, 2.75) is 20.3 Å². The van der Waals surface area contributed by atoms with Crippen LogP contribution in [0.3, 0.4) is 0 Å². The van der Waals surface area contributed by atoms with Gasteiger partial charge in [0.15, 0.2) is 0 Å². The summed E-state index contributed by atoms with van der Waals surface area (Å²) in [5.74, 6) is 0.590. The second kappa shape index (κ2) is 7.17. The Morgan fingerprint density at radius 3 is 2.89 bits per heavy atom. The van der Waals surface area contributed by atoms with E-state index in [0.29, 0.717) is 31.0 Å². The molecule has 0 saturated carbocycles. The molecule has 5 heteroatoms. The van der Waals surface area contributed by atoms with Gasteiger partial charge in [0.1, 0.15) is 5.75 Å². The maximum Gasteiger partial charge on any atom is 0.221 e. The Morgan fingerprint density at radius 2 is 2.28 bits per heavy atom. The fraction of sp³-hybridized carbons (Fsp3) is 0.385. The number of carbonyl (C=O) groups is 1. The Hall–Kier alpha value is -2.22. The van der Waals surface area contributed by atoms with Gasteiger partial charge in [-0.15, -0.1) is 0 Å². The van der Waals surface area contributed by atoms with Gasteiger partial charge in [-0.2, -0.15) is 5.26 Å². The summed E-state index contributed by atoms with van der Waals surface area (Å²) >= 11 is 0. The third kappa shape index (κ3) is 4.34. The highest BCUT2D eigenvalue weighted by Gasteiger charge is 2.05. The summed E-state index contributed by atoms with van der Waals surface area (Å²) in [5, 5.41) is 14.3. The quantitative estimate of drug-likeness (QED) is 0.757. The van der Waals surface area contributed by atoms with Gasteiger partial charge in [-0.1, -0.05) is 0 Å². The molecule has 0 aliphatic carbocycles. The molecular weight excluding hydrogens is 230 g/mol. The van der Waals surface area contributed by atoms with E-state index in [4.69, 9.17) is 10.00 Å². The zero-order valence-electron chi connectivity index (χ0n) is 10.6. The third-order valence-electron chi connectivity index (χ3n) is 2.15. The van der Waals surface area contributed by atoms with Gasteiger partial charge in [-0.25, -0.2) is 0 Å². The van der Waals surface area contributed by atoms with Crippen molar-refractivity contribution in [2.24, 2.45) is 0 Å². The average Bonchev–Trinajstić information content (AvgIpc) is 2.32. The van der Waals surface area contributed by atoms with Crippen molar-refractivity contribution >= 4 is 17.3 Å². The monoisotopic (exact) mass is 247 g/mol. The zero-order chi connectivity index (χ0) is 13.4. The molecule has 0 unspecified atom stereocenters. The van der Waals surface area contributed by atoms with E-state index < -0.39 is 0 Å². The zero-order valence-corrected chi connectivity index (χ0v) is 10.6. The minimum Gasteiger partial charge on any atom is -0.492 e. The Labute approximate surface area is 107 Å². The summed E-state index contributed by atoms with van der Waals surface area (Å²) in [6.45, 7) is 4.46. The molecule has 18 heavy (non-hydrogen) atoms. The van der Waals surface area contributed by atoms with Gasteiger partial charge in [-0.05, 0) is 25.1 Å². The SMILES string of the molecule is CCOc1ccc(NC(C)=O)cc1NCCC#N. The van der Waals surface area contributed by atoms with Gasteiger partial charge in [0, 0.05) is 19.2 Å². The van der Waals surface area contributed by atoms with Crippen molar-refractivity contribution in [1.82, 2.24) is 0 Å². The van der Waals surface area contributed by atoms with E-state index in [0.717, 1.165) is 5.69 Å². The van der Waals surface area contributed by atoms with Crippen molar-refractivity contribution < 1.29 is 9.53 Å². The molecule has 1 aromatic rings. The van der Waals surface area contributed by atoms with Crippen LogP contribution in [-0.4, -0.2) is 19.1 Å². The van der Waals surface area contributed by atoms with Gasteiger partial charge < -0.3 is 15.4 Å². The molecule has 96 valence electrons. The highest BCUT2D eigenvalue weighted by atomic mass is 16.5. The topological polar surface area (TPSA) is 74.2 Å². The van der Waals surface area contributed by atoms with Crippen molar-refractivity contribution in [1.29, 1.82) is 5.26 Å². The Bertz CT molecular complexity index is 452. The van der Waals surface area contributed by atoms with E-state index in [1.54, 1.807) is 18.2 Å². The average molecular weight is 247 g/mol. The molecule has 0 saturated heterocycles. The molecule has 1 rings (SSSR count). The molecule has 0 heterocycles. The Kier molecular flexibility index (Phi) is 5.52. The third-order valence-corrected chi connectivity index (χ3v) is 2.15. The van der Waals surface area contributed by atoms with Crippen LogP contribution in [0.4, 0.5) is 11.4 Å². The summed E-state index contributed by atoms with van der Waals surface area (Å²) in [4.78, 5) is 11.0. The molecule has 0 fully saturated rings. The second-order valence-electron chi connectivity index (χ2n) is 3.66. The van der Waals surface area contributed by atoms with E-state index in [1.165, 1.54) is 6.92 Å². The van der Waals surface area contributed by atoms with E-state index in [9.17, 15) is 4.79 Å². The van der Waals surface area contributed by atoms with Gasteiger partial charge in [0.05, 0.1) is 24.8 Å². The van der Waals surface area contributed by atoms with Gasteiger partial charge in [0.2, 0.25) is 5.91 Å². The molecule has 0 atom stereocenters. The maximum atomic E-state index is 11.0. The standard InChI is InChI=1S/C13H17N3O2/c1-3-18-13-6-5-11(16-10(2)17)9-12(13)15-8-4-7-14/h5-6,9,15H,3-4,8H2,1-2H3,(H,16,17). The highest BCUT2D eigenvalue weighted by molar-refractivity contribution is 5.89. The summed E-state index contributed by atoms with van der Waals surface area (Å²) in [6.07, 6.45) is 0.413.